The summed E-state index contributed by atoms with van der Waals surface area (Å²) in [5.74, 6) is 2.40. The Hall–Kier alpha value is -0.790. The van der Waals surface area contributed by atoms with E-state index in [9.17, 15) is 24.9 Å². The molecule has 0 unspecified atom stereocenters. The number of fused-ring (bicyclic) bond motifs is 5. The molecule has 0 bridgehead atoms. The van der Waals surface area contributed by atoms with Gasteiger partial charge in [-0.2, -0.15) is 11.8 Å². The zero-order valence-electron chi connectivity index (χ0n) is 22.7. The van der Waals surface area contributed by atoms with Gasteiger partial charge >= 0.3 is 5.97 Å². The topological polar surface area (TPSA) is 107 Å². The summed E-state index contributed by atoms with van der Waals surface area (Å²) < 4.78 is 0. The lowest BCUT2D eigenvalue weighted by molar-refractivity contribution is -0.174. The number of aliphatic hydroxyl groups is 2. The Morgan fingerprint density at radius 3 is 2.39 bits per heavy atom. The number of aliphatic hydroxyl groups excluding tert-OH is 2. The zero-order valence-corrected chi connectivity index (χ0v) is 23.6. The molecule has 11 atom stereocenters. The van der Waals surface area contributed by atoms with E-state index in [1.54, 1.807) is 11.8 Å². The van der Waals surface area contributed by atoms with E-state index in [4.69, 9.17) is 0 Å². The molecule has 4 fully saturated rings. The van der Waals surface area contributed by atoms with E-state index in [1.807, 2.05) is 6.26 Å². The maximum atomic E-state index is 12.6. The van der Waals surface area contributed by atoms with E-state index < -0.39 is 12.0 Å². The smallest absolute Gasteiger partial charge is 0.326 e. The monoisotopic (exact) mass is 523 g/mol. The predicted molar refractivity (Wildman–Crippen MR) is 144 cm³/mol. The van der Waals surface area contributed by atoms with Crippen molar-refractivity contribution >= 4 is 23.6 Å². The molecule has 0 spiro atoms. The van der Waals surface area contributed by atoms with E-state index in [1.165, 1.54) is 6.42 Å². The lowest BCUT2D eigenvalue weighted by Gasteiger charge is -2.62. The molecule has 0 aliphatic heterocycles. The van der Waals surface area contributed by atoms with Gasteiger partial charge in [0.25, 0.3) is 0 Å². The summed E-state index contributed by atoms with van der Waals surface area (Å²) in [6.45, 7) is 7.18. The van der Waals surface area contributed by atoms with Crippen LogP contribution in [-0.2, 0) is 9.59 Å². The molecule has 1 amide bonds. The Kier molecular flexibility index (Phi) is 8.73. The van der Waals surface area contributed by atoms with Crippen molar-refractivity contribution < 1.29 is 24.9 Å². The quantitative estimate of drug-likeness (QED) is 0.349. The molecule has 4 saturated carbocycles. The van der Waals surface area contributed by atoms with Crippen LogP contribution in [0.3, 0.4) is 0 Å². The largest absolute Gasteiger partial charge is 0.480 e. The molecular weight excluding hydrogens is 474 g/mol. The molecule has 0 aromatic rings. The fourth-order valence-corrected chi connectivity index (χ4v) is 9.97. The summed E-state index contributed by atoms with van der Waals surface area (Å²) in [6, 6.07) is -0.803. The van der Waals surface area contributed by atoms with E-state index in [0.29, 0.717) is 54.1 Å². The van der Waals surface area contributed by atoms with Crippen LogP contribution in [0.15, 0.2) is 0 Å². The summed E-state index contributed by atoms with van der Waals surface area (Å²) in [6.07, 6.45) is 11.4. The van der Waals surface area contributed by atoms with Crippen molar-refractivity contribution in [1.29, 1.82) is 0 Å². The van der Waals surface area contributed by atoms with Crippen LogP contribution in [0, 0.1) is 46.3 Å². The van der Waals surface area contributed by atoms with Crippen molar-refractivity contribution in [3.63, 3.8) is 0 Å². The minimum atomic E-state index is -0.956. The van der Waals surface area contributed by atoms with Gasteiger partial charge in [0.05, 0.1) is 12.2 Å². The molecule has 206 valence electrons. The van der Waals surface area contributed by atoms with Gasteiger partial charge in [-0.3, -0.25) is 4.79 Å². The van der Waals surface area contributed by atoms with Gasteiger partial charge in [0.15, 0.2) is 0 Å². The van der Waals surface area contributed by atoms with Gasteiger partial charge in [-0.1, -0.05) is 20.8 Å². The molecule has 7 heteroatoms. The molecule has 4 N–H and O–H groups in total. The molecule has 0 heterocycles. The maximum absolute atomic E-state index is 12.6. The molecular formula is C29H49NO5S. The van der Waals surface area contributed by atoms with Gasteiger partial charge < -0.3 is 20.6 Å². The highest BCUT2D eigenvalue weighted by molar-refractivity contribution is 7.98. The first-order chi connectivity index (χ1) is 17.0. The van der Waals surface area contributed by atoms with E-state index in [-0.39, 0.29) is 28.9 Å². The highest BCUT2D eigenvalue weighted by Gasteiger charge is 2.62. The second kappa shape index (κ2) is 11.1. The SMILES string of the molecule is CSCC[C@H](NC(=O)CC[C@@H](C)[C@H]1CC[C@H]2[C@@H]3[C@@H](O)C[C@@H]4C[C@H](O)CC[C@]4(C)[C@H]3CC[C@]12C)C(=O)O. The van der Waals surface area contributed by atoms with Crippen LogP contribution < -0.4 is 5.32 Å². The van der Waals surface area contributed by atoms with E-state index in [2.05, 4.69) is 26.1 Å². The Bertz CT molecular complexity index is 809. The third kappa shape index (κ3) is 5.22. The molecule has 4 aliphatic carbocycles. The highest BCUT2D eigenvalue weighted by Crippen LogP contribution is 2.68. The second-order valence-corrected chi connectivity index (χ2v) is 14.2. The van der Waals surface area contributed by atoms with Crippen molar-refractivity contribution in [3.05, 3.63) is 0 Å². The number of hydrogen-bond donors (Lipinski definition) is 4. The number of nitrogens with one attached hydrogen (secondary N) is 1. The molecule has 36 heavy (non-hydrogen) atoms. The normalized spacial score (nSPS) is 43.6. The molecule has 4 rings (SSSR count). The number of hydrogen-bond acceptors (Lipinski definition) is 5. The number of aliphatic carboxylic acids is 1. The lowest BCUT2D eigenvalue weighted by Crippen LogP contribution is -2.58. The third-order valence-corrected chi connectivity index (χ3v) is 12.1. The van der Waals surface area contributed by atoms with Gasteiger partial charge in [-0.25, -0.2) is 4.79 Å². The number of rotatable bonds is 9. The van der Waals surface area contributed by atoms with Crippen LogP contribution in [0.2, 0.25) is 0 Å². The van der Waals surface area contributed by atoms with Crippen LogP contribution in [0.1, 0.15) is 91.4 Å². The number of thioether (sulfide) groups is 1. The number of carboxylic acids is 1. The number of amides is 1. The van der Waals surface area contributed by atoms with Crippen molar-refractivity contribution in [3.8, 4) is 0 Å². The first-order valence-corrected chi connectivity index (χ1v) is 15.8. The van der Waals surface area contributed by atoms with E-state index in [0.717, 1.165) is 51.4 Å². The Balaban J connectivity index is 1.39. The van der Waals surface area contributed by atoms with Crippen LogP contribution in [-0.4, -0.2) is 57.5 Å². The first-order valence-electron chi connectivity index (χ1n) is 14.4. The fraction of sp³-hybridized carbons (Fsp3) is 0.931. The fourth-order valence-electron chi connectivity index (χ4n) is 9.50. The van der Waals surface area contributed by atoms with Crippen LogP contribution in [0.4, 0.5) is 0 Å². The predicted octanol–water partition coefficient (Wildman–Crippen LogP) is 4.72. The van der Waals surface area contributed by atoms with Crippen molar-refractivity contribution in [2.24, 2.45) is 46.3 Å². The standard InChI is InChI=1S/C29H49NO5S/c1-17(5-8-25(33)30-23(27(34)35)11-14-36-4)20-6-7-21-26-22(10-13-29(20,21)3)28(2)12-9-19(31)15-18(28)16-24(26)32/h17-24,26,31-32H,5-16H2,1-4H3,(H,30,33)(H,34,35)/t17-,18+,19-,20-,21+,22+,23+,24+,26+,28+,29-/m1/s1. The number of carboxylic acid groups (broad SMARTS) is 1. The van der Waals surface area contributed by atoms with Crippen LogP contribution in [0.5, 0.6) is 0 Å². The Morgan fingerprint density at radius 1 is 1.00 bits per heavy atom. The summed E-state index contributed by atoms with van der Waals surface area (Å²) in [5, 5.41) is 33.9. The third-order valence-electron chi connectivity index (χ3n) is 11.5. The summed E-state index contributed by atoms with van der Waals surface area (Å²) in [4.78, 5) is 24.1. The van der Waals surface area contributed by atoms with Gasteiger partial charge in [-0.15, -0.1) is 0 Å². The zero-order chi connectivity index (χ0) is 26.3. The Morgan fingerprint density at radius 2 is 1.69 bits per heavy atom. The number of carbonyl (C=O) groups excluding carboxylic acids is 1. The summed E-state index contributed by atoms with van der Waals surface area (Å²) in [5.41, 5.74) is 0.431. The van der Waals surface area contributed by atoms with Gasteiger partial charge in [-0.05, 0) is 123 Å². The highest BCUT2D eigenvalue weighted by atomic mass is 32.2. The molecule has 4 aliphatic rings. The Labute approximate surface area is 221 Å². The van der Waals surface area contributed by atoms with Crippen molar-refractivity contribution in [1.82, 2.24) is 5.32 Å². The molecule has 0 aromatic heterocycles. The van der Waals surface area contributed by atoms with E-state index >= 15 is 0 Å². The summed E-state index contributed by atoms with van der Waals surface area (Å²) in [7, 11) is 0. The van der Waals surface area contributed by atoms with Crippen LogP contribution in [0.25, 0.3) is 0 Å². The molecule has 0 aromatic carbocycles. The van der Waals surface area contributed by atoms with Crippen molar-refractivity contribution in [2.45, 2.75) is 110 Å². The van der Waals surface area contributed by atoms with Gasteiger partial charge in [0.1, 0.15) is 6.04 Å². The maximum Gasteiger partial charge on any atom is 0.326 e. The minimum Gasteiger partial charge on any atom is -0.480 e. The molecule has 6 nitrogen and oxygen atoms in total. The number of carbonyl (C=O) groups is 2. The van der Waals surface area contributed by atoms with Crippen LogP contribution >= 0.6 is 11.8 Å². The summed E-state index contributed by atoms with van der Waals surface area (Å²) >= 11 is 1.59. The average molecular weight is 524 g/mol. The molecule has 0 saturated heterocycles. The van der Waals surface area contributed by atoms with Gasteiger partial charge in [0, 0.05) is 6.42 Å². The minimum absolute atomic E-state index is 0.153. The average Bonchev–Trinajstić information content (AvgIpc) is 3.18. The second-order valence-electron chi connectivity index (χ2n) is 13.2. The lowest BCUT2D eigenvalue weighted by atomic mass is 9.43. The van der Waals surface area contributed by atoms with Gasteiger partial charge in [0.2, 0.25) is 5.91 Å². The molecule has 0 radical (unpaired) electrons. The first kappa shape index (κ1) is 28.2. The van der Waals surface area contributed by atoms with Crippen molar-refractivity contribution in [2.75, 3.05) is 12.0 Å².